The second-order valence-electron chi connectivity index (χ2n) is 9.38. The monoisotopic (exact) mass is 409 g/mol. The van der Waals surface area contributed by atoms with Crippen LogP contribution in [0.4, 0.5) is 4.79 Å². The van der Waals surface area contributed by atoms with Crippen molar-refractivity contribution in [3.8, 4) is 0 Å². The fraction of sp³-hybridized carbons (Fsp3) is 0.583. The highest BCUT2D eigenvalue weighted by molar-refractivity contribution is 5.86. The molecule has 1 N–H and O–H groups in total. The van der Waals surface area contributed by atoms with E-state index in [9.17, 15) is 9.59 Å². The van der Waals surface area contributed by atoms with Crippen LogP contribution in [0, 0.1) is 11.8 Å². The molecule has 6 nitrogen and oxygen atoms in total. The number of para-hydroxylation sites is 1. The highest BCUT2D eigenvalue weighted by atomic mass is 16.6. The molecule has 0 radical (unpaired) electrons. The molecule has 2 amide bonds. The summed E-state index contributed by atoms with van der Waals surface area (Å²) in [5.41, 5.74) is 3.86. The first kappa shape index (κ1) is 19.5. The average molecular weight is 410 g/mol. The first-order valence-electron chi connectivity index (χ1n) is 11.3. The Balaban J connectivity index is 1.31. The second-order valence-corrected chi connectivity index (χ2v) is 9.38. The lowest BCUT2D eigenvalue weighted by atomic mass is 9.84. The summed E-state index contributed by atoms with van der Waals surface area (Å²) >= 11 is 0. The van der Waals surface area contributed by atoms with Crippen LogP contribution < -0.4 is 0 Å². The summed E-state index contributed by atoms with van der Waals surface area (Å²) in [6.45, 7) is 0.810. The number of nitrogens with one attached hydrogen (secondary N) is 1. The molecule has 1 aliphatic heterocycles. The number of hydrogen-bond donors (Lipinski definition) is 1. The third kappa shape index (κ3) is 3.46. The summed E-state index contributed by atoms with van der Waals surface area (Å²) in [4.78, 5) is 32.7. The van der Waals surface area contributed by atoms with Gasteiger partial charge in [-0.1, -0.05) is 18.2 Å². The summed E-state index contributed by atoms with van der Waals surface area (Å²) in [6, 6.07) is 8.70. The molecule has 2 aliphatic carbocycles. The number of aromatic amines is 1. The fourth-order valence-corrected chi connectivity index (χ4v) is 5.33. The molecule has 1 unspecified atom stereocenters. The van der Waals surface area contributed by atoms with Crippen molar-refractivity contribution in [2.24, 2.45) is 11.8 Å². The summed E-state index contributed by atoms with van der Waals surface area (Å²) in [5.74, 6) is 0.929. The number of aromatic nitrogens is 1. The van der Waals surface area contributed by atoms with E-state index < -0.39 is 0 Å². The third-order valence-corrected chi connectivity index (χ3v) is 7.09. The molecule has 1 atom stereocenters. The Morgan fingerprint density at radius 2 is 1.80 bits per heavy atom. The number of rotatable bonds is 3. The smallest absolute Gasteiger partial charge is 0.409 e. The van der Waals surface area contributed by atoms with Crippen molar-refractivity contribution in [3.63, 3.8) is 0 Å². The maximum atomic E-state index is 13.6. The van der Waals surface area contributed by atoms with Gasteiger partial charge < -0.3 is 19.5 Å². The van der Waals surface area contributed by atoms with E-state index in [0.717, 1.165) is 38.6 Å². The highest BCUT2D eigenvalue weighted by Crippen LogP contribution is 2.49. The lowest BCUT2D eigenvalue weighted by molar-refractivity contribution is -0.141. The van der Waals surface area contributed by atoms with Crippen molar-refractivity contribution < 1.29 is 14.3 Å². The van der Waals surface area contributed by atoms with E-state index >= 15 is 0 Å². The van der Waals surface area contributed by atoms with Gasteiger partial charge in [0.05, 0.1) is 6.04 Å². The van der Waals surface area contributed by atoms with Crippen LogP contribution >= 0.6 is 0 Å². The van der Waals surface area contributed by atoms with Gasteiger partial charge >= 0.3 is 6.09 Å². The van der Waals surface area contributed by atoms with Crippen molar-refractivity contribution in [2.75, 3.05) is 20.6 Å². The Bertz CT molecular complexity index is 954. The van der Waals surface area contributed by atoms with Crippen LogP contribution in [-0.2, 0) is 16.0 Å². The summed E-state index contributed by atoms with van der Waals surface area (Å²) in [7, 11) is 3.40. The number of ether oxygens (including phenoxy) is 1. The van der Waals surface area contributed by atoms with Gasteiger partial charge in [0.2, 0.25) is 5.91 Å². The SMILES string of the molecule is CN(C)C(=O)OC1CCC(C(=O)N2CCc3c([nH]c4ccccc34)C2C2CC2)CC1. The minimum Gasteiger partial charge on any atom is -0.446 e. The average Bonchev–Trinajstić information content (AvgIpc) is 3.52. The number of fused-ring (bicyclic) bond motifs is 3. The second kappa shape index (κ2) is 7.64. The number of hydrogen-bond acceptors (Lipinski definition) is 3. The van der Waals surface area contributed by atoms with Crippen molar-refractivity contribution >= 4 is 22.9 Å². The predicted molar refractivity (Wildman–Crippen MR) is 115 cm³/mol. The standard InChI is InChI=1S/C24H31N3O3/c1-26(2)24(29)30-17-11-9-16(10-12-17)23(28)27-14-13-19-18-5-3-4-6-20(18)25-21(19)22(27)15-7-8-15/h3-6,15-17,22,25H,7-14H2,1-2H3. The van der Waals surface area contributed by atoms with Gasteiger partial charge in [0.15, 0.2) is 0 Å². The molecule has 160 valence electrons. The Hall–Kier alpha value is -2.50. The van der Waals surface area contributed by atoms with Gasteiger partial charge in [-0.25, -0.2) is 4.79 Å². The third-order valence-electron chi connectivity index (χ3n) is 7.09. The molecule has 0 bridgehead atoms. The van der Waals surface area contributed by atoms with Gasteiger partial charge in [-0.15, -0.1) is 0 Å². The molecule has 6 heteroatoms. The first-order chi connectivity index (χ1) is 14.5. The van der Waals surface area contributed by atoms with Crippen LogP contribution in [0.15, 0.2) is 24.3 Å². The van der Waals surface area contributed by atoms with Crippen LogP contribution in [-0.4, -0.2) is 53.5 Å². The first-order valence-corrected chi connectivity index (χ1v) is 11.3. The molecule has 3 aliphatic rings. The Labute approximate surface area is 177 Å². The van der Waals surface area contributed by atoms with Crippen molar-refractivity contribution in [2.45, 2.75) is 57.1 Å². The van der Waals surface area contributed by atoms with E-state index in [-0.39, 0.29) is 24.2 Å². The maximum Gasteiger partial charge on any atom is 0.409 e. The van der Waals surface area contributed by atoms with Gasteiger partial charge in [-0.2, -0.15) is 0 Å². The van der Waals surface area contributed by atoms with Gasteiger partial charge in [-0.3, -0.25) is 4.79 Å². The number of H-pyrrole nitrogens is 1. The van der Waals surface area contributed by atoms with E-state index in [1.54, 1.807) is 14.1 Å². The number of nitrogens with zero attached hydrogens (tertiary/aromatic N) is 2. The van der Waals surface area contributed by atoms with Crippen molar-refractivity contribution in [1.82, 2.24) is 14.8 Å². The largest absolute Gasteiger partial charge is 0.446 e. The zero-order valence-corrected chi connectivity index (χ0v) is 17.9. The summed E-state index contributed by atoms with van der Waals surface area (Å²) in [5, 5.41) is 1.31. The van der Waals surface area contributed by atoms with E-state index in [0.29, 0.717) is 11.8 Å². The molecule has 30 heavy (non-hydrogen) atoms. The number of carbonyl (C=O) groups is 2. The lowest BCUT2D eigenvalue weighted by Gasteiger charge is -2.39. The lowest BCUT2D eigenvalue weighted by Crippen LogP contribution is -2.45. The van der Waals surface area contributed by atoms with Gasteiger partial charge in [-0.05, 0) is 62.5 Å². The highest BCUT2D eigenvalue weighted by Gasteiger charge is 2.44. The zero-order chi connectivity index (χ0) is 20.8. The minimum absolute atomic E-state index is 0.0477. The van der Waals surface area contributed by atoms with Crippen LogP contribution in [0.5, 0.6) is 0 Å². The quantitative estimate of drug-likeness (QED) is 0.824. The Kier molecular flexibility index (Phi) is 4.95. The molecule has 2 aromatic rings. The minimum atomic E-state index is -0.291. The van der Waals surface area contributed by atoms with E-state index in [2.05, 4.69) is 34.1 Å². The predicted octanol–water partition coefficient (Wildman–Crippen LogP) is 4.26. The van der Waals surface area contributed by atoms with Gasteiger partial charge in [0.25, 0.3) is 0 Å². The molecule has 1 aromatic heterocycles. The number of carbonyl (C=O) groups excluding carboxylic acids is 2. The molecule has 1 aromatic carbocycles. The molecule has 0 saturated heterocycles. The van der Waals surface area contributed by atoms with E-state index in [1.807, 2.05) is 0 Å². The van der Waals surface area contributed by atoms with Crippen molar-refractivity contribution in [1.29, 1.82) is 0 Å². The topological polar surface area (TPSA) is 65.6 Å². The number of benzene rings is 1. The molecule has 0 spiro atoms. The molecule has 5 rings (SSSR count). The van der Waals surface area contributed by atoms with Gasteiger partial charge in [0.1, 0.15) is 6.10 Å². The number of amides is 2. The van der Waals surface area contributed by atoms with Crippen LogP contribution in [0.2, 0.25) is 0 Å². The molecular weight excluding hydrogens is 378 g/mol. The Morgan fingerprint density at radius 3 is 2.50 bits per heavy atom. The molecular formula is C24H31N3O3. The van der Waals surface area contributed by atoms with Crippen LogP contribution in [0.3, 0.4) is 0 Å². The fourth-order valence-electron chi connectivity index (χ4n) is 5.33. The van der Waals surface area contributed by atoms with Gasteiger partial charge in [0, 0.05) is 43.2 Å². The maximum absolute atomic E-state index is 13.6. The normalized spacial score (nSPS) is 26.3. The van der Waals surface area contributed by atoms with Crippen molar-refractivity contribution in [3.05, 3.63) is 35.5 Å². The Morgan fingerprint density at radius 1 is 1.07 bits per heavy atom. The van der Waals surface area contributed by atoms with Crippen LogP contribution in [0.1, 0.15) is 55.8 Å². The molecule has 2 fully saturated rings. The van der Waals surface area contributed by atoms with E-state index in [1.165, 1.54) is 39.9 Å². The molecule has 2 saturated carbocycles. The zero-order valence-electron chi connectivity index (χ0n) is 17.9. The van der Waals surface area contributed by atoms with E-state index in [4.69, 9.17) is 4.74 Å². The molecule has 2 heterocycles. The summed E-state index contributed by atoms with van der Waals surface area (Å²) in [6.07, 6.45) is 6.13. The van der Waals surface area contributed by atoms with Crippen LogP contribution in [0.25, 0.3) is 10.9 Å². The summed E-state index contributed by atoms with van der Waals surface area (Å²) < 4.78 is 5.53.